The molecule has 5 nitrogen and oxygen atoms in total. The second-order valence-corrected chi connectivity index (χ2v) is 9.61. The lowest BCUT2D eigenvalue weighted by molar-refractivity contribution is -0.313. The van der Waals surface area contributed by atoms with Gasteiger partial charge in [-0.05, 0) is 38.7 Å². The monoisotopic (exact) mass is 470 g/mol. The molecule has 0 spiro atoms. The third-order valence-electron chi connectivity index (χ3n) is 6.82. The van der Waals surface area contributed by atoms with Gasteiger partial charge in [0.05, 0.1) is 17.8 Å². The van der Waals surface area contributed by atoms with Crippen molar-refractivity contribution in [3.8, 4) is 0 Å². The molecule has 0 saturated heterocycles. The van der Waals surface area contributed by atoms with Gasteiger partial charge in [0.1, 0.15) is 16.9 Å². The minimum atomic E-state index is -5.77. The molecule has 33 heavy (non-hydrogen) atoms. The number of rotatable bonds is 4. The second-order valence-electron chi connectivity index (χ2n) is 9.61. The van der Waals surface area contributed by atoms with Crippen molar-refractivity contribution in [2.45, 2.75) is 81.6 Å². The van der Waals surface area contributed by atoms with Crippen LogP contribution in [0.25, 0.3) is 0 Å². The summed E-state index contributed by atoms with van der Waals surface area (Å²) >= 11 is 0. The van der Waals surface area contributed by atoms with E-state index >= 15 is 0 Å². The van der Waals surface area contributed by atoms with E-state index in [9.17, 15) is 26.7 Å². The molecule has 1 aromatic heterocycles. The smallest absolute Gasteiger partial charge is 0.363 e. The summed E-state index contributed by atoms with van der Waals surface area (Å²) in [5.41, 5.74) is -2.28. The van der Waals surface area contributed by atoms with Gasteiger partial charge in [-0.15, -0.1) is 0 Å². The minimum absolute atomic E-state index is 0.0494. The summed E-state index contributed by atoms with van der Waals surface area (Å²) in [5, 5.41) is 9.63. The van der Waals surface area contributed by atoms with E-state index in [0.717, 1.165) is 5.56 Å². The van der Waals surface area contributed by atoms with Crippen molar-refractivity contribution in [3.05, 3.63) is 47.7 Å². The average molecular weight is 470 g/mol. The molecule has 2 aliphatic rings. The third-order valence-corrected chi connectivity index (χ3v) is 6.82. The fraction of sp³-hybridized carbons (Fsp3) is 0.565. The summed E-state index contributed by atoms with van der Waals surface area (Å²) in [6.07, 6.45) is -3.88. The van der Waals surface area contributed by atoms with Gasteiger partial charge in [-0.1, -0.05) is 49.6 Å². The first-order chi connectivity index (χ1) is 15.4. The number of fused-ring (bicyclic) bond motifs is 1. The number of amides is 1. The lowest BCUT2D eigenvalue weighted by Crippen LogP contribution is -2.66. The number of hydrogen-bond donors (Lipinski definition) is 2. The van der Waals surface area contributed by atoms with E-state index in [-0.39, 0.29) is 24.4 Å². The van der Waals surface area contributed by atoms with Crippen LogP contribution < -0.4 is 10.6 Å². The first kappa shape index (κ1) is 23.5. The number of benzene rings is 1. The number of halogens is 5. The molecule has 0 radical (unpaired) electrons. The van der Waals surface area contributed by atoms with Crippen LogP contribution >= 0.6 is 0 Å². The second kappa shape index (κ2) is 7.99. The SMILES string of the molecule is CC1(C)CC(c2ccccc2)Nc2c(C(=O)NC3(C(F)(F)C(F)(F)F)CCCCC3)cnn21. The summed E-state index contributed by atoms with van der Waals surface area (Å²) in [6.45, 7) is 3.87. The zero-order chi connectivity index (χ0) is 24.1. The van der Waals surface area contributed by atoms with Gasteiger partial charge in [0, 0.05) is 0 Å². The summed E-state index contributed by atoms with van der Waals surface area (Å²) in [7, 11) is 0. The summed E-state index contributed by atoms with van der Waals surface area (Å²) in [6, 6.07) is 9.33. The molecular formula is C23H27F5N4O. The Morgan fingerprint density at radius 1 is 1.09 bits per heavy atom. The lowest BCUT2D eigenvalue weighted by Gasteiger charge is -2.44. The molecule has 1 amide bonds. The quantitative estimate of drug-likeness (QED) is 0.555. The molecule has 1 fully saturated rings. The highest BCUT2D eigenvalue weighted by Gasteiger charge is 2.70. The van der Waals surface area contributed by atoms with E-state index in [0.29, 0.717) is 18.7 Å². The Morgan fingerprint density at radius 3 is 2.33 bits per heavy atom. The molecule has 1 aliphatic heterocycles. The number of nitrogens with zero attached hydrogens (tertiary/aromatic N) is 2. The van der Waals surface area contributed by atoms with Crippen LogP contribution in [-0.2, 0) is 5.54 Å². The molecular weight excluding hydrogens is 443 g/mol. The normalized spacial score (nSPS) is 22.2. The van der Waals surface area contributed by atoms with Crippen molar-refractivity contribution in [1.29, 1.82) is 0 Å². The van der Waals surface area contributed by atoms with Crippen LogP contribution in [0, 0.1) is 0 Å². The van der Waals surface area contributed by atoms with Crippen LogP contribution in [0.4, 0.5) is 27.8 Å². The fourth-order valence-corrected chi connectivity index (χ4v) is 5.03. The van der Waals surface area contributed by atoms with Crippen LogP contribution in [0.3, 0.4) is 0 Å². The Balaban J connectivity index is 1.68. The van der Waals surface area contributed by atoms with Crippen LogP contribution in [-0.4, -0.2) is 33.3 Å². The van der Waals surface area contributed by atoms with E-state index in [1.165, 1.54) is 6.20 Å². The molecule has 180 valence electrons. The van der Waals surface area contributed by atoms with Crippen molar-refractivity contribution in [2.75, 3.05) is 5.32 Å². The van der Waals surface area contributed by atoms with Gasteiger partial charge in [-0.3, -0.25) is 4.79 Å². The molecule has 2 heterocycles. The van der Waals surface area contributed by atoms with Gasteiger partial charge < -0.3 is 10.6 Å². The molecule has 1 atom stereocenters. The molecule has 4 rings (SSSR count). The maximum atomic E-state index is 14.6. The summed E-state index contributed by atoms with van der Waals surface area (Å²) in [4.78, 5) is 13.2. The van der Waals surface area contributed by atoms with Crippen LogP contribution in [0.1, 0.15) is 74.3 Å². The van der Waals surface area contributed by atoms with Gasteiger partial charge in [0.25, 0.3) is 5.91 Å². The maximum Gasteiger partial charge on any atom is 0.455 e. The number of alkyl halides is 5. The molecule has 1 aliphatic carbocycles. The van der Waals surface area contributed by atoms with Crippen LogP contribution in [0.2, 0.25) is 0 Å². The summed E-state index contributed by atoms with van der Waals surface area (Å²) in [5.74, 6) is -5.74. The van der Waals surface area contributed by atoms with Gasteiger partial charge in [0.15, 0.2) is 0 Å². The Hall–Kier alpha value is -2.65. The minimum Gasteiger partial charge on any atom is -0.363 e. The van der Waals surface area contributed by atoms with Gasteiger partial charge in [0.2, 0.25) is 0 Å². The third kappa shape index (κ3) is 3.97. The number of hydrogen-bond acceptors (Lipinski definition) is 3. The van der Waals surface area contributed by atoms with Crippen LogP contribution in [0.5, 0.6) is 0 Å². The lowest BCUT2D eigenvalue weighted by atomic mass is 9.76. The van der Waals surface area contributed by atoms with E-state index in [4.69, 9.17) is 0 Å². The van der Waals surface area contributed by atoms with E-state index in [1.54, 1.807) is 4.68 Å². The van der Waals surface area contributed by atoms with Crippen LogP contribution in [0.15, 0.2) is 36.5 Å². The van der Waals surface area contributed by atoms with Gasteiger partial charge >= 0.3 is 12.1 Å². The molecule has 1 saturated carbocycles. The number of anilines is 1. The predicted molar refractivity (Wildman–Crippen MR) is 113 cm³/mol. The Kier molecular flexibility index (Phi) is 5.69. The highest BCUT2D eigenvalue weighted by molar-refractivity contribution is 5.99. The van der Waals surface area contributed by atoms with E-state index < -0.39 is 41.9 Å². The maximum absolute atomic E-state index is 14.6. The number of carbonyl (C=O) groups excluding carboxylic acids is 1. The van der Waals surface area contributed by atoms with Crippen molar-refractivity contribution < 1.29 is 26.7 Å². The molecule has 10 heteroatoms. The van der Waals surface area contributed by atoms with Crippen molar-refractivity contribution >= 4 is 11.7 Å². The first-order valence-corrected chi connectivity index (χ1v) is 11.1. The van der Waals surface area contributed by atoms with E-state index in [2.05, 4.69) is 15.7 Å². The number of nitrogens with one attached hydrogen (secondary N) is 2. The Morgan fingerprint density at radius 2 is 1.73 bits per heavy atom. The fourth-order valence-electron chi connectivity index (χ4n) is 5.03. The Bertz CT molecular complexity index is 1010. The largest absolute Gasteiger partial charge is 0.455 e. The average Bonchev–Trinajstić information content (AvgIpc) is 3.19. The van der Waals surface area contributed by atoms with Crippen molar-refractivity contribution in [3.63, 3.8) is 0 Å². The first-order valence-electron chi connectivity index (χ1n) is 11.1. The zero-order valence-corrected chi connectivity index (χ0v) is 18.5. The van der Waals surface area contributed by atoms with E-state index in [1.807, 2.05) is 44.2 Å². The topological polar surface area (TPSA) is 59.0 Å². The van der Waals surface area contributed by atoms with Gasteiger partial charge in [-0.25, -0.2) is 4.68 Å². The molecule has 0 bridgehead atoms. The molecule has 2 N–H and O–H groups in total. The summed E-state index contributed by atoms with van der Waals surface area (Å²) < 4.78 is 70.9. The highest BCUT2D eigenvalue weighted by Crippen LogP contribution is 2.50. The highest BCUT2D eigenvalue weighted by atomic mass is 19.4. The predicted octanol–water partition coefficient (Wildman–Crippen LogP) is 5.81. The zero-order valence-electron chi connectivity index (χ0n) is 18.5. The standard InChI is InChI=1S/C23H27F5N4O/c1-20(2)13-17(15-9-5-3-6-10-15)30-18-16(14-29-32(18)20)19(33)31-21(11-7-4-8-12-21)22(24,25)23(26,27)28/h3,5-6,9-10,14,17,30H,4,7-8,11-13H2,1-2H3,(H,31,33). The molecule has 1 unspecified atom stereocenters. The Labute approximate surface area is 188 Å². The number of aromatic nitrogens is 2. The van der Waals surface area contributed by atoms with Crippen molar-refractivity contribution in [1.82, 2.24) is 15.1 Å². The van der Waals surface area contributed by atoms with Gasteiger partial charge in [-0.2, -0.15) is 27.1 Å². The molecule has 2 aromatic rings. The molecule has 1 aromatic carbocycles. The van der Waals surface area contributed by atoms with Crippen molar-refractivity contribution in [2.24, 2.45) is 0 Å². The number of carbonyl (C=O) groups is 1.